The zero-order valence-electron chi connectivity index (χ0n) is 13.1. The molecule has 2 aliphatic rings. The van der Waals surface area contributed by atoms with Crippen LogP contribution >= 0.6 is 0 Å². The summed E-state index contributed by atoms with van der Waals surface area (Å²) < 4.78 is 0. The van der Waals surface area contributed by atoms with Crippen LogP contribution in [0.2, 0.25) is 0 Å². The molecule has 2 saturated carbocycles. The predicted molar refractivity (Wildman–Crippen MR) is 85.8 cm³/mol. The average molecular weight is 271 g/mol. The number of nitrogens with one attached hydrogen (secondary N) is 1. The van der Waals surface area contributed by atoms with Gasteiger partial charge in [0.05, 0.1) is 0 Å². The summed E-state index contributed by atoms with van der Waals surface area (Å²) in [6.07, 6.45) is 8.41. The molecule has 1 N–H and O–H groups in total. The molecule has 0 radical (unpaired) electrons. The second-order valence-electron chi connectivity index (χ2n) is 7.20. The van der Waals surface area contributed by atoms with E-state index in [4.69, 9.17) is 0 Å². The lowest BCUT2D eigenvalue weighted by atomic mass is 9.78. The highest BCUT2D eigenvalue weighted by atomic mass is 14.9. The van der Waals surface area contributed by atoms with Gasteiger partial charge in [-0.3, -0.25) is 0 Å². The van der Waals surface area contributed by atoms with E-state index in [0.717, 1.165) is 30.3 Å². The minimum absolute atomic E-state index is 0.729. The van der Waals surface area contributed by atoms with E-state index in [2.05, 4.69) is 43.4 Å². The van der Waals surface area contributed by atoms with Gasteiger partial charge in [0.1, 0.15) is 0 Å². The normalized spacial score (nSPS) is 26.9. The summed E-state index contributed by atoms with van der Waals surface area (Å²) in [5.74, 6) is 2.56. The van der Waals surface area contributed by atoms with Gasteiger partial charge >= 0.3 is 0 Å². The minimum Gasteiger partial charge on any atom is -0.310 e. The highest BCUT2D eigenvalue weighted by Crippen LogP contribution is 2.39. The second-order valence-corrected chi connectivity index (χ2v) is 7.20. The van der Waals surface area contributed by atoms with Crippen LogP contribution in [0.3, 0.4) is 0 Å². The molecule has 1 aromatic carbocycles. The van der Waals surface area contributed by atoms with Gasteiger partial charge in [-0.2, -0.15) is 0 Å². The van der Waals surface area contributed by atoms with Crippen LogP contribution in [0.25, 0.3) is 0 Å². The first-order valence-electron chi connectivity index (χ1n) is 8.56. The Morgan fingerprint density at radius 3 is 2.35 bits per heavy atom. The average Bonchev–Trinajstić information content (AvgIpc) is 3.30. The Hall–Kier alpha value is -0.820. The standard InChI is InChI=1S/C19H29N/c1-14(2)18-5-3-4-6-19(18)20-13-15-7-9-16(10-8-15)17-11-12-17/h7-10,14,17-20H,3-6,11-13H2,1-2H3. The van der Waals surface area contributed by atoms with Crippen LogP contribution < -0.4 is 5.32 Å². The Labute approximate surface area is 124 Å². The van der Waals surface area contributed by atoms with Crippen molar-refractivity contribution in [2.24, 2.45) is 11.8 Å². The molecular weight excluding hydrogens is 242 g/mol. The van der Waals surface area contributed by atoms with Gasteiger partial charge in [-0.25, -0.2) is 0 Å². The lowest BCUT2D eigenvalue weighted by Gasteiger charge is -2.35. The van der Waals surface area contributed by atoms with Crippen molar-refractivity contribution in [3.63, 3.8) is 0 Å². The molecule has 2 atom stereocenters. The van der Waals surface area contributed by atoms with Gasteiger partial charge in [-0.1, -0.05) is 51.0 Å². The van der Waals surface area contributed by atoms with Crippen LogP contribution in [0.5, 0.6) is 0 Å². The molecule has 3 rings (SSSR count). The van der Waals surface area contributed by atoms with E-state index < -0.39 is 0 Å². The second kappa shape index (κ2) is 6.30. The van der Waals surface area contributed by atoms with Crippen LogP contribution in [0, 0.1) is 11.8 Å². The third-order valence-electron chi connectivity index (χ3n) is 5.27. The highest BCUT2D eigenvalue weighted by Gasteiger charge is 2.27. The van der Waals surface area contributed by atoms with Gasteiger partial charge in [0.2, 0.25) is 0 Å². The monoisotopic (exact) mass is 271 g/mol. The third kappa shape index (κ3) is 3.44. The molecule has 2 unspecified atom stereocenters. The van der Waals surface area contributed by atoms with Crippen LogP contribution in [-0.2, 0) is 6.54 Å². The fraction of sp³-hybridized carbons (Fsp3) is 0.684. The van der Waals surface area contributed by atoms with Crippen molar-refractivity contribution in [2.75, 3.05) is 0 Å². The van der Waals surface area contributed by atoms with Crippen molar-refractivity contribution in [2.45, 2.75) is 70.9 Å². The zero-order chi connectivity index (χ0) is 13.9. The zero-order valence-corrected chi connectivity index (χ0v) is 13.1. The predicted octanol–water partition coefficient (Wildman–Crippen LogP) is 4.87. The summed E-state index contributed by atoms with van der Waals surface area (Å²) in [5.41, 5.74) is 2.99. The van der Waals surface area contributed by atoms with E-state index in [1.165, 1.54) is 44.1 Å². The van der Waals surface area contributed by atoms with E-state index in [-0.39, 0.29) is 0 Å². The summed E-state index contributed by atoms with van der Waals surface area (Å²) >= 11 is 0. The van der Waals surface area contributed by atoms with Gasteiger partial charge < -0.3 is 5.32 Å². The molecule has 20 heavy (non-hydrogen) atoms. The molecule has 2 aliphatic carbocycles. The summed E-state index contributed by atoms with van der Waals surface area (Å²) in [7, 11) is 0. The third-order valence-corrected chi connectivity index (χ3v) is 5.27. The Morgan fingerprint density at radius 1 is 1.00 bits per heavy atom. The van der Waals surface area contributed by atoms with Crippen molar-refractivity contribution >= 4 is 0 Å². The van der Waals surface area contributed by atoms with Gasteiger partial charge in [-0.15, -0.1) is 0 Å². The summed E-state index contributed by atoms with van der Waals surface area (Å²) in [4.78, 5) is 0. The Bertz CT molecular complexity index is 416. The molecule has 0 heterocycles. The van der Waals surface area contributed by atoms with E-state index in [9.17, 15) is 0 Å². The van der Waals surface area contributed by atoms with Crippen molar-refractivity contribution in [1.29, 1.82) is 0 Å². The smallest absolute Gasteiger partial charge is 0.0208 e. The highest BCUT2D eigenvalue weighted by molar-refractivity contribution is 5.28. The molecular formula is C19H29N. The van der Waals surface area contributed by atoms with Crippen LogP contribution in [0.4, 0.5) is 0 Å². The molecule has 0 aliphatic heterocycles. The maximum Gasteiger partial charge on any atom is 0.0208 e. The fourth-order valence-electron chi connectivity index (χ4n) is 3.78. The van der Waals surface area contributed by atoms with Gasteiger partial charge in [0, 0.05) is 12.6 Å². The maximum atomic E-state index is 3.83. The summed E-state index contributed by atoms with van der Waals surface area (Å²) in [6, 6.07) is 10.1. The van der Waals surface area contributed by atoms with Crippen LogP contribution in [-0.4, -0.2) is 6.04 Å². The fourth-order valence-corrected chi connectivity index (χ4v) is 3.78. The topological polar surface area (TPSA) is 12.0 Å². The first-order chi connectivity index (χ1) is 9.74. The Morgan fingerprint density at radius 2 is 1.70 bits per heavy atom. The molecule has 2 fully saturated rings. The lowest BCUT2D eigenvalue weighted by Crippen LogP contribution is -2.40. The quantitative estimate of drug-likeness (QED) is 0.805. The van der Waals surface area contributed by atoms with Crippen LogP contribution in [0.15, 0.2) is 24.3 Å². The molecule has 0 bridgehead atoms. The van der Waals surface area contributed by atoms with Gasteiger partial charge in [0.25, 0.3) is 0 Å². The summed E-state index contributed by atoms with van der Waals surface area (Å²) in [6.45, 7) is 5.81. The van der Waals surface area contributed by atoms with Crippen molar-refractivity contribution < 1.29 is 0 Å². The van der Waals surface area contributed by atoms with Crippen molar-refractivity contribution in [3.8, 4) is 0 Å². The van der Waals surface area contributed by atoms with Gasteiger partial charge in [0.15, 0.2) is 0 Å². The van der Waals surface area contributed by atoms with Crippen molar-refractivity contribution in [1.82, 2.24) is 5.32 Å². The maximum absolute atomic E-state index is 3.83. The molecule has 110 valence electrons. The molecule has 1 nitrogen and oxygen atoms in total. The van der Waals surface area contributed by atoms with E-state index >= 15 is 0 Å². The first-order valence-corrected chi connectivity index (χ1v) is 8.56. The van der Waals surface area contributed by atoms with E-state index in [0.29, 0.717) is 0 Å². The largest absolute Gasteiger partial charge is 0.310 e. The molecule has 0 spiro atoms. The number of hydrogen-bond acceptors (Lipinski definition) is 1. The number of rotatable bonds is 5. The Kier molecular flexibility index (Phi) is 4.45. The molecule has 0 aromatic heterocycles. The van der Waals surface area contributed by atoms with E-state index in [1.54, 1.807) is 5.56 Å². The number of hydrogen-bond donors (Lipinski definition) is 1. The van der Waals surface area contributed by atoms with E-state index in [1.807, 2.05) is 0 Å². The Balaban J connectivity index is 1.54. The molecule has 1 heteroatoms. The molecule has 0 amide bonds. The SMILES string of the molecule is CC(C)C1CCCCC1NCc1ccc(C2CC2)cc1. The lowest BCUT2D eigenvalue weighted by molar-refractivity contribution is 0.204. The molecule has 0 saturated heterocycles. The minimum atomic E-state index is 0.729. The number of benzene rings is 1. The first kappa shape index (κ1) is 14.1. The van der Waals surface area contributed by atoms with Crippen molar-refractivity contribution in [3.05, 3.63) is 35.4 Å². The van der Waals surface area contributed by atoms with Gasteiger partial charge in [-0.05, 0) is 54.6 Å². The summed E-state index contributed by atoms with van der Waals surface area (Å²) in [5, 5.41) is 3.83. The molecule has 1 aromatic rings. The van der Waals surface area contributed by atoms with Crippen LogP contribution in [0.1, 0.15) is 69.4 Å².